The summed E-state index contributed by atoms with van der Waals surface area (Å²) >= 11 is 0. The van der Waals surface area contributed by atoms with Gasteiger partial charge in [0.05, 0.1) is 6.33 Å². The highest BCUT2D eigenvalue weighted by Crippen LogP contribution is 2.16. The summed E-state index contributed by atoms with van der Waals surface area (Å²) in [4.78, 5) is 4.11. The maximum Gasteiger partial charge on any atom is 0.0948 e. The van der Waals surface area contributed by atoms with Crippen molar-refractivity contribution in [1.82, 2.24) is 9.55 Å². The predicted octanol–water partition coefficient (Wildman–Crippen LogP) is 6.57. The zero-order valence-corrected chi connectivity index (χ0v) is 14.9. The number of unbranched alkanes of at least 4 members (excludes halogenated alkanes) is 10. The first kappa shape index (κ1) is 20.5. The summed E-state index contributed by atoms with van der Waals surface area (Å²) in [6.07, 6.45) is 22.8. The quantitative estimate of drug-likeness (QED) is 0.377. The lowest BCUT2D eigenvalue weighted by Crippen LogP contribution is -2.01. The highest BCUT2D eigenvalue weighted by molar-refractivity contribution is 5.85. The van der Waals surface area contributed by atoms with E-state index in [1.54, 1.807) is 0 Å². The summed E-state index contributed by atoms with van der Waals surface area (Å²) in [6, 6.07) is 0.607. The summed E-state index contributed by atoms with van der Waals surface area (Å²) in [5, 5.41) is 0. The van der Waals surface area contributed by atoms with E-state index < -0.39 is 0 Å². The van der Waals surface area contributed by atoms with E-state index in [9.17, 15) is 0 Å². The van der Waals surface area contributed by atoms with E-state index in [2.05, 4.69) is 29.6 Å². The summed E-state index contributed by atoms with van der Waals surface area (Å²) in [6.45, 7) is 4.58. The van der Waals surface area contributed by atoms with Gasteiger partial charge in [-0.15, -0.1) is 12.4 Å². The summed E-state index contributed by atoms with van der Waals surface area (Å²) in [5.41, 5.74) is 0. The van der Waals surface area contributed by atoms with E-state index in [0.29, 0.717) is 6.04 Å². The van der Waals surface area contributed by atoms with Gasteiger partial charge in [0.15, 0.2) is 0 Å². The van der Waals surface area contributed by atoms with E-state index in [1.165, 1.54) is 77.0 Å². The number of halogens is 1. The van der Waals surface area contributed by atoms with Crippen molar-refractivity contribution in [2.45, 2.75) is 96.9 Å². The Morgan fingerprint density at radius 2 is 1.38 bits per heavy atom. The molecule has 0 aliphatic carbocycles. The van der Waals surface area contributed by atoms with Gasteiger partial charge in [-0.25, -0.2) is 4.98 Å². The Labute approximate surface area is 138 Å². The molecule has 124 valence electrons. The second-order valence-corrected chi connectivity index (χ2v) is 6.18. The molecule has 1 aromatic heterocycles. The lowest BCUT2D eigenvalue weighted by molar-refractivity contribution is 0.465. The minimum atomic E-state index is 0. The Hall–Kier alpha value is -0.500. The van der Waals surface area contributed by atoms with Crippen molar-refractivity contribution in [3.8, 4) is 0 Å². The van der Waals surface area contributed by atoms with Crippen LogP contribution in [0.3, 0.4) is 0 Å². The zero-order chi connectivity index (χ0) is 14.5. The average molecular weight is 315 g/mol. The van der Waals surface area contributed by atoms with E-state index >= 15 is 0 Å². The lowest BCUT2D eigenvalue weighted by Gasteiger charge is -2.12. The van der Waals surface area contributed by atoms with Crippen LogP contribution in [0, 0.1) is 0 Å². The zero-order valence-electron chi connectivity index (χ0n) is 14.1. The van der Waals surface area contributed by atoms with Gasteiger partial charge in [0, 0.05) is 18.4 Å². The first-order chi connectivity index (χ1) is 9.84. The van der Waals surface area contributed by atoms with Gasteiger partial charge in [0.1, 0.15) is 0 Å². The van der Waals surface area contributed by atoms with Crippen LogP contribution in [0.25, 0.3) is 0 Å². The van der Waals surface area contributed by atoms with E-state index in [0.717, 1.165) is 0 Å². The Kier molecular flexibility index (Phi) is 14.1. The number of hydrogen-bond acceptors (Lipinski definition) is 1. The van der Waals surface area contributed by atoms with Crippen LogP contribution >= 0.6 is 12.4 Å². The second kappa shape index (κ2) is 14.4. The molecule has 0 N–H and O–H groups in total. The van der Waals surface area contributed by atoms with E-state index in [1.807, 2.05) is 12.5 Å². The molecule has 3 heteroatoms. The molecule has 0 fully saturated rings. The van der Waals surface area contributed by atoms with Gasteiger partial charge in [-0.1, -0.05) is 77.6 Å². The summed E-state index contributed by atoms with van der Waals surface area (Å²) in [5.74, 6) is 0. The van der Waals surface area contributed by atoms with Gasteiger partial charge >= 0.3 is 0 Å². The lowest BCUT2D eigenvalue weighted by atomic mass is 10.0. The minimum Gasteiger partial charge on any atom is -0.335 e. The molecule has 21 heavy (non-hydrogen) atoms. The molecule has 0 amide bonds. The van der Waals surface area contributed by atoms with Gasteiger partial charge in [-0.05, 0) is 13.3 Å². The summed E-state index contributed by atoms with van der Waals surface area (Å²) < 4.78 is 2.22. The fourth-order valence-corrected chi connectivity index (χ4v) is 2.78. The Balaban J connectivity index is 0.00000400. The fourth-order valence-electron chi connectivity index (χ4n) is 2.78. The van der Waals surface area contributed by atoms with Crippen LogP contribution in [-0.4, -0.2) is 9.55 Å². The van der Waals surface area contributed by atoms with Gasteiger partial charge in [-0.2, -0.15) is 0 Å². The highest BCUT2D eigenvalue weighted by atomic mass is 35.5. The minimum absolute atomic E-state index is 0. The molecule has 1 unspecified atom stereocenters. The molecule has 0 saturated carbocycles. The number of hydrogen-bond donors (Lipinski definition) is 0. The third-order valence-electron chi connectivity index (χ3n) is 4.26. The van der Waals surface area contributed by atoms with Gasteiger partial charge < -0.3 is 4.57 Å². The molecule has 0 saturated heterocycles. The predicted molar refractivity (Wildman–Crippen MR) is 95.3 cm³/mol. The molecule has 2 nitrogen and oxygen atoms in total. The van der Waals surface area contributed by atoms with Crippen LogP contribution in [0.2, 0.25) is 0 Å². The van der Waals surface area contributed by atoms with Crippen molar-refractivity contribution < 1.29 is 0 Å². The van der Waals surface area contributed by atoms with Crippen molar-refractivity contribution in [2.24, 2.45) is 0 Å². The SMILES string of the molecule is CCCCCCCCCCCCCC(C)n1ccnc1.Cl. The average Bonchev–Trinajstić information content (AvgIpc) is 2.99. The number of rotatable bonds is 13. The highest BCUT2D eigenvalue weighted by Gasteiger charge is 2.02. The van der Waals surface area contributed by atoms with Crippen molar-refractivity contribution in [3.63, 3.8) is 0 Å². The normalized spacial score (nSPS) is 12.1. The smallest absolute Gasteiger partial charge is 0.0948 e. The van der Waals surface area contributed by atoms with Gasteiger partial charge in [0.25, 0.3) is 0 Å². The molecule has 0 aliphatic rings. The Morgan fingerprint density at radius 1 is 0.857 bits per heavy atom. The standard InChI is InChI=1S/C18H34N2.ClH/c1-3-4-5-6-7-8-9-10-11-12-13-14-18(2)20-16-15-19-17-20;/h15-18H,3-14H2,1-2H3;1H. The topological polar surface area (TPSA) is 17.8 Å². The molecular formula is C18H35ClN2. The van der Waals surface area contributed by atoms with Crippen LogP contribution in [0.5, 0.6) is 0 Å². The first-order valence-corrected chi connectivity index (χ1v) is 8.82. The second-order valence-electron chi connectivity index (χ2n) is 6.18. The maximum atomic E-state index is 4.11. The molecule has 0 bridgehead atoms. The number of imidazole rings is 1. The maximum absolute atomic E-state index is 4.11. The van der Waals surface area contributed by atoms with Crippen LogP contribution in [0.4, 0.5) is 0 Å². The first-order valence-electron chi connectivity index (χ1n) is 8.82. The molecule has 1 heterocycles. The number of aromatic nitrogens is 2. The molecular weight excluding hydrogens is 280 g/mol. The third-order valence-corrected chi connectivity index (χ3v) is 4.26. The Bertz CT molecular complexity index is 298. The molecule has 0 radical (unpaired) electrons. The molecule has 0 aromatic carbocycles. The van der Waals surface area contributed by atoms with Crippen LogP contribution in [0.15, 0.2) is 18.7 Å². The molecule has 1 rings (SSSR count). The Morgan fingerprint density at radius 3 is 1.86 bits per heavy atom. The number of nitrogens with zero attached hydrogens (tertiary/aromatic N) is 2. The monoisotopic (exact) mass is 314 g/mol. The van der Waals surface area contributed by atoms with Crippen LogP contribution in [-0.2, 0) is 0 Å². The van der Waals surface area contributed by atoms with Gasteiger partial charge in [0.2, 0.25) is 0 Å². The fraction of sp³-hybridized carbons (Fsp3) is 0.833. The van der Waals surface area contributed by atoms with Crippen molar-refractivity contribution in [3.05, 3.63) is 18.7 Å². The largest absolute Gasteiger partial charge is 0.335 e. The molecule has 0 spiro atoms. The third kappa shape index (κ3) is 10.8. The van der Waals surface area contributed by atoms with Gasteiger partial charge in [-0.3, -0.25) is 0 Å². The molecule has 0 aliphatic heterocycles. The van der Waals surface area contributed by atoms with Crippen LogP contribution in [0.1, 0.15) is 96.9 Å². The van der Waals surface area contributed by atoms with Crippen molar-refractivity contribution in [2.75, 3.05) is 0 Å². The van der Waals surface area contributed by atoms with E-state index in [4.69, 9.17) is 0 Å². The van der Waals surface area contributed by atoms with Crippen LogP contribution < -0.4 is 0 Å². The van der Waals surface area contributed by atoms with E-state index in [-0.39, 0.29) is 12.4 Å². The van der Waals surface area contributed by atoms with Crippen molar-refractivity contribution >= 4 is 12.4 Å². The molecule has 1 atom stereocenters. The molecule has 1 aromatic rings. The summed E-state index contributed by atoms with van der Waals surface area (Å²) in [7, 11) is 0. The van der Waals surface area contributed by atoms with Crippen molar-refractivity contribution in [1.29, 1.82) is 0 Å².